The number of thioether (sulfide) groups is 1. The fourth-order valence-corrected chi connectivity index (χ4v) is 1.43. The first-order valence-electron chi connectivity index (χ1n) is 3.93. The van der Waals surface area contributed by atoms with Crippen LogP contribution in [0.4, 0.5) is 5.69 Å². The zero-order valence-corrected chi connectivity index (χ0v) is 8.30. The van der Waals surface area contributed by atoms with Gasteiger partial charge in [-0.05, 0) is 12.3 Å². The summed E-state index contributed by atoms with van der Waals surface area (Å²) >= 11 is 1.52. The van der Waals surface area contributed by atoms with Gasteiger partial charge in [-0.3, -0.25) is 9.78 Å². The molecule has 0 aliphatic carbocycles. The highest BCUT2D eigenvalue weighted by Crippen LogP contribution is 2.10. The van der Waals surface area contributed by atoms with Crippen LogP contribution in [0.3, 0.4) is 0 Å². The van der Waals surface area contributed by atoms with Gasteiger partial charge >= 0.3 is 0 Å². The zero-order chi connectivity index (χ0) is 9.68. The van der Waals surface area contributed by atoms with Gasteiger partial charge in [0.2, 0.25) is 0 Å². The van der Waals surface area contributed by atoms with Gasteiger partial charge in [0.05, 0.1) is 5.75 Å². The Hall–Kier alpha value is -1.03. The molecule has 0 saturated carbocycles. The molecule has 2 N–H and O–H groups in total. The number of pyridine rings is 1. The molecule has 1 aromatic heterocycles. The number of hydrogen-bond donors (Lipinski definition) is 1. The fraction of sp³-hybridized carbons (Fsp3) is 0.333. The van der Waals surface area contributed by atoms with Crippen molar-refractivity contribution in [2.24, 2.45) is 0 Å². The van der Waals surface area contributed by atoms with Crippen LogP contribution in [0.2, 0.25) is 0 Å². The second kappa shape index (κ2) is 4.87. The topological polar surface area (TPSA) is 56.0 Å². The van der Waals surface area contributed by atoms with Gasteiger partial charge in [0.15, 0.2) is 0 Å². The Balaban J connectivity index is 2.63. The summed E-state index contributed by atoms with van der Waals surface area (Å²) in [5, 5.41) is 0. The van der Waals surface area contributed by atoms with Gasteiger partial charge in [0.1, 0.15) is 5.78 Å². The molecule has 0 aromatic carbocycles. The lowest BCUT2D eigenvalue weighted by Crippen LogP contribution is -2.07. The Morgan fingerprint density at radius 1 is 1.69 bits per heavy atom. The van der Waals surface area contributed by atoms with Crippen LogP contribution in [0, 0.1) is 0 Å². The van der Waals surface area contributed by atoms with Crippen LogP contribution in [0.25, 0.3) is 0 Å². The minimum Gasteiger partial charge on any atom is -0.398 e. The average Bonchev–Trinajstić information content (AvgIpc) is 2.09. The molecule has 70 valence electrons. The summed E-state index contributed by atoms with van der Waals surface area (Å²) in [5.41, 5.74) is 7.13. The van der Waals surface area contributed by atoms with Gasteiger partial charge < -0.3 is 5.73 Å². The van der Waals surface area contributed by atoms with E-state index >= 15 is 0 Å². The van der Waals surface area contributed by atoms with E-state index in [1.165, 1.54) is 11.8 Å². The largest absolute Gasteiger partial charge is 0.398 e. The van der Waals surface area contributed by atoms with Gasteiger partial charge in [-0.25, -0.2) is 0 Å². The standard InChI is InChI=1S/C9H12N2OS/c1-13-6-8(12)4-7-5-11-3-2-9(7)10/h2-3,5H,4,6H2,1H3,(H2,10,11). The molecule has 4 heteroatoms. The molecule has 0 aliphatic rings. The van der Waals surface area contributed by atoms with Crippen LogP contribution in [-0.4, -0.2) is 22.8 Å². The predicted molar refractivity (Wildman–Crippen MR) is 55.7 cm³/mol. The van der Waals surface area contributed by atoms with Crippen molar-refractivity contribution in [2.45, 2.75) is 6.42 Å². The van der Waals surface area contributed by atoms with E-state index in [2.05, 4.69) is 4.98 Å². The normalized spacial score (nSPS) is 9.92. The molecule has 1 heterocycles. The first kappa shape index (κ1) is 10.1. The van der Waals surface area contributed by atoms with Crippen molar-refractivity contribution in [1.29, 1.82) is 0 Å². The van der Waals surface area contributed by atoms with Crippen molar-refractivity contribution in [3.05, 3.63) is 24.0 Å². The molecule has 3 nitrogen and oxygen atoms in total. The van der Waals surface area contributed by atoms with Crippen LogP contribution in [-0.2, 0) is 11.2 Å². The molecule has 13 heavy (non-hydrogen) atoms. The van der Waals surface area contributed by atoms with Gasteiger partial charge in [0, 0.05) is 30.1 Å². The second-order valence-electron chi connectivity index (χ2n) is 2.72. The van der Waals surface area contributed by atoms with Crippen LogP contribution in [0.15, 0.2) is 18.5 Å². The molecule has 0 fully saturated rings. The molecule has 0 spiro atoms. The van der Waals surface area contributed by atoms with Crippen molar-refractivity contribution < 1.29 is 4.79 Å². The summed E-state index contributed by atoms with van der Waals surface area (Å²) in [5.74, 6) is 0.723. The van der Waals surface area contributed by atoms with Crippen molar-refractivity contribution >= 4 is 23.2 Å². The fourth-order valence-electron chi connectivity index (χ4n) is 1.01. The van der Waals surface area contributed by atoms with Crippen molar-refractivity contribution in [2.75, 3.05) is 17.7 Å². The van der Waals surface area contributed by atoms with Crippen LogP contribution < -0.4 is 5.73 Å². The number of ketones is 1. The van der Waals surface area contributed by atoms with Crippen LogP contribution >= 0.6 is 11.8 Å². The maximum absolute atomic E-state index is 11.3. The number of aromatic nitrogens is 1. The van der Waals surface area contributed by atoms with Gasteiger partial charge in [0.25, 0.3) is 0 Å². The minimum atomic E-state index is 0.187. The molecular formula is C9H12N2OS. The third-order valence-corrected chi connectivity index (χ3v) is 2.24. The number of nitrogen functional groups attached to an aromatic ring is 1. The molecule has 0 radical (unpaired) electrons. The Kier molecular flexibility index (Phi) is 3.76. The van der Waals surface area contributed by atoms with E-state index in [1.54, 1.807) is 18.5 Å². The number of carbonyl (C=O) groups excluding carboxylic acids is 1. The molecule has 0 unspecified atom stereocenters. The SMILES string of the molecule is CSCC(=O)Cc1cnccc1N. The highest BCUT2D eigenvalue weighted by Gasteiger charge is 2.05. The average molecular weight is 196 g/mol. The first-order valence-corrected chi connectivity index (χ1v) is 5.32. The van der Waals surface area contributed by atoms with E-state index < -0.39 is 0 Å². The lowest BCUT2D eigenvalue weighted by molar-refractivity contribution is -0.115. The molecule has 1 rings (SSSR count). The first-order chi connectivity index (χ1) is 6.24. The maximum atomic E-state index is 11.3. The highest BCUT2D eigenvalue weighted by molar-refractivity contribution is 7.99. The Labute approximate surface area is 81.7 Å². The summed E-state index contributed by atoms with van der Waals surface area (Å²) in [6, 6.07) is 1.71. The number of carbonyl (C=O) groups is 1. The zero-order valence-electron chi connectivity index (χ0n) is 7.49. The molecular weight excluding hydrogens is 184 g/mol. The Morgan fingerprint density at radius 3 is 3.08 bits per heavy atom. The maximum Gasteiger partial charge on any atom is 0.147 e. The third-order valence-electron chi connectivity index (χ3n) is 1.63. The highest BCUT2D eigenvalue weighted by atomic mass is 32.2. The lowest BCUT2D eigenvalue weighted by atomic mass is 10.1. The molecule has 0 amide bonds. The Bertz CT molecular complexity index is 301. The van der Waals surface area contributed by atoms with E-state index in [0.29, 0.717) is 17.9 Å². The number of nitrogens with two attached hydrogens (primary N) is 1. The van der Waals surface area contributed by atoms with E-state index in [0.717, 1.165) is 5.56 Å². The van der Waals surface area contributed by atoms with E-state index in [-0.39, 0.29) is 5.78 Å². The minimum absolute atomic E-state index is 0.187. The molecule has 0 aliphatic heterocycles. The quantitative estimate of drug-likeness (QED) is 0.784. The lowest BCUT2D eigenvalue weighted by Gasteiger charge is -2.02. The summed E-state index contributed by atoms with van der Waals surface area (Å²) in [6.07, 6.45) is 5.57. The molecule has 0 saturated heterocycles. The summed E-state index contributed by atoms with van der Waals surface area (Å²) in [6.45, 7) is 0. The van der Waals surface area contributed by atoms with E-state index in [1.807, 2.05) is 6.26 Å². The number of anilines is 1. The van der Waals surface area contributed by atoms with Gasteiger partial charge in [-0.2, -0.15) is 11.8 Å². The monoisotopic (exact) mass is 196 g/mol. The van der Waals surface area contributed by atoms with Crippen molar-refractivity contribution in [3.8, 4) is 0 Å². The summed E-state index contributed by atoms with van der Waals surface area (Å²) in [4.78, 5) is 15.2. The van der Waals surface area contributed by atoms with Crippen molar-refractivity contribution in [3.63, 3.8) is 0 Å². The number of Topliss-reactive ketones (excluding diaryl/α,β-unsaturated/α-hetero) is 1. The number of hydrogen-bond acceptors (Lipinski definition) is 4. The number of nitrogens with zero attached hydrogens (tertiary/aromatic N) is 1. The van der Waals surface area contributed by atoms with E-state index in [9.17, 15) is 4.79 Å². The summed E-state index contributed by atoms with van der Waals surface area (Å²) < 4.78 is 0. The predicted octanol–water partition coefficient (Wildman–Crippen LogP) is 1.14. The van der Waals surface area contributed by atoms with Crippen molar-refractivity contribution in [1.82, 2.24) is 4.98 Å². The van der Waals surface area contributed by atoms with Gasteiger partial charge in [-0.1, -0.05) is 0 Å². The Morgan fingerprint density at radius 2 is 2.46 bits per heavy atom. The summed E-state index contributed by atoms with van der Waals surface area (Å²) in [7, 11) is 0. The van der Waals surface area contributed by atoms with Gasteiger partial charge in [-0.15, -0.1) is 0 Å². The molecule has 0 atom stereocenters. The number of rotatable bonds is 4. The van der Waals surface area contributed by atoms with Crippen LogP contribution in [0.1, 0.15) is 5.56 Å². The van der Waals surface area contributed by atoms with Crippen LogP contribution in [0.5, 0.6) is 0 Å². The third kappa shape index (κ3) is 3.06. The molecule has 0 bridgehead atoms. The molecule has 1 aromatic rings. The van der Waals surface area contributed by atoms with E-state index in [4.69, 9.17) is 5.73 Å². The smallest absolute Gasteiger partial charge is 0.147 e. The second-order valence-corrected chi connectivity index (χ2v) is 3.59.